The standard InChI is InChI=1S/C13H21FN4/c1-3-6-15-13-17-8-11(14)12(18-13)16-7-9(2)10-4-5-10/h8-10H,3-7H2,1-2H3,(H2,15,16,17,18). The van der Waals surface area contributed by atoms with Crippen molar-refractivity contribution in [3.8, 4) is 0 Å². The maximum atomic E-state index is 13.5. The smallest absolute Gasteiger partial charge is 0.224 e. The first-order valence-corrected chi connectivity index (χ1v) is 6.71. The fourth-order valence-corrected chi connectivity index (χ4v) is 1.90. The van der Waals surface area contributed by atoms with Gasteiger partial charge in [0.05, 0.1) is 6.20 Å². The van der Waals surface area contributed by atoms with Crippen molar-refractivity contribution in [1.82, 2.24) is 9.97 Å². The van der Waals surface area contributed by atoms with Gasteiger partial charge in [-0.25, -0.2) is 9.37 Å². The third kappa shape index (κ3) is 3.55. The molecule has 0 saturated heterocycles. The number of nitrogens with one attached hydrogen (secondary N) is 2. The van der Waals surface area contributed by atoms with Gasteiger partial charge in [0.15, 0.2) is 11.6 Å². The summed E-state index contributed by atoms with van der Waals surface area (Å²) in [7, 11) is 0. The van der Waals surface area contributed by atoms with Gasteiger partial charge in [0.25, 0.3) is 0 Å². The van der Waals surface area contributed by atoms with Crippen LogP contribution in [0.3, 0.4) is 0 Å². The van der Waals surface area contributed by atoms with Gasteiger partial charge in [-0.1, -0.05) is 13.8 Å². The second-order valence-corrected chi connectivity index (χ2v) is 5.01. The summed E-state index contributed by atoms with van der Waals surface area (Å²) in [6.07, 6.45) is 4.81. The molecule has 0 bridgehead atoms. The molecule has 1 unspecified atom stereocenters. The lowest BCUT2D eigenvalue weighted by molar-refractivity contribution is 0.532. The first-order chi connectivity index (χ1) is 8.70. The summed E-state index contributed by atoms with van der Waals surface area (Å²) in [4.78, 5) is 8.07. The number of halogens is 1. The first-order valence-electron chi connectivity index (χ1n) is 6.71. The van der Waals surface area contributed by atoms with E-state index in [0.29, 0.717) is 17.7 Å². The van der Waals surface area contributed by atoms with E-state index in [0.717, 1.165) is 25.4 Å². The highest BCUT2D eigenvalue weighted by molar-refractivity contribution is 5.41. The zero-order valence-corrected chi connectivity index (χ0v) is 11.0. The highest BCUT2D eigenvalue weighted by atomic mass is 19.1. The zero-order valence-electron chi connectivity index (χ0n) is 11.0. The fourth-order valence-electron chi connectivity index (χ4n) is 1.90. The molecule has 1 aromatic rings. The van der Waals surface area contributed by atoms with Crippen molar-refractivity contribution >= 4 is 11.8 Å². The lowest BCUT2D eigenvalue weighted by Gasteiger charge is -2.13. The Morgan fingerprint density at radius 1 is 1.44 bits per heavy atom. The molecule has 1 saturated carbocycles. The SMILES string of the molecule is CCCNc1ncc(F)c(NCC(C)C2CC2)n1. The monoisotopic (exact) mass is 252 g/mol. The predicted molar refractivity (Wildman–Crippen MR) is 71.1 cm³/mol. The van der Waals surface area contributed by atoms with Crippen LogP contribution in [0.4, 0.5) is 16.2 Å². The van der Waals surface area contributed by atoms with Gasteiger partial charge < -0.3 is 10.6 Å². The van der Waals surface area contributed by atoms with Crippen molar-refractivity contribution < 1.29 is 4.39 Å². The normalized spacial score (nSPS) is 16.4. The molecule has 0 amide bonds. The largest absolute Gasteiger partial charge is 0.367 e. The molecule has 100 valence electrons. The molecule has 0 radical (unpaired) electrons. The van der Waals surface area contributed by atoms with Crippen LogP contribution < -0.4 is 10.6 Å². The maximum absolute atomic E-state index is 13.5. The van der Waals surface area contributed by atoms with Crippen LogP contribution in [0.1, 0.15) is 33.1 Å². The third-order valence-corrected chi connectivity index (χ3v) is 3.30. The van der Waals surface area contributed by atoms with E-state index in [1.165, 1.54) is 19.0 Å². The van der Waals surface area contributed by atoms with Crippen molar-refractivity contribution in [3.05, 3.63) is 12.0 Å². The van der Waals surface area contributed by atoms with Crippen molar-refractivity contribution in [2.75, 3.05) is 23.7 Å². The quantitative estimate of drug-likeness (QED) is 0.783. The van der Waals surface area contributed by atoms with E-state index in [-0.39, 0.29) is 5.82 Å². The van der Waals surface area contributed by atoms with Gasteiger partial charge in [0.2, 0.25) is 5.95 Å². The lowest BCUT2D eigenvalue weighted by Crippen LogP contribution is -2.16. The zero-order chi connectivity index (χ0) is 13.0. The minimum atomic E-state index is -0.389. The molecule has 2 N–H and O–H groups in total. The van der Waals surface area contributed by atoms with Gasteiger partial charge in [-0.05, 0) is 31.1 Å². The molecule has 1 aliphatic rings. The van der Waals surface area contributed by atoms with Gasteiger partial charge in [-0.15, -0.1) is 0 Å². The maximum Gasteiger partial charge on any atom is 0.224 e. The van der Waals surface area contributed by atoms with Crippen LogP contribution in [0, 0.1) is 17.7 Å². The number of hydrogen-bond donors (Lipinski definition) is 2. The van der Waals surface area contributed by atoms with Gasteiger partial charge in [-0.2, -0.15) is 4.98 Å². The first kappa shape index (κ1) is 13.1. The summed E-state index contributed by atoms with van der Waals surface area (Å²) in [6, 6.07) is 0. The van der Waals surface area contributed by atoms with Crippen LogP contribution in [-0.4, -0.2) is 23.1 Å². The Bertz CT molecular complexity index is 393. The van der Waals surface area contributed by atoms with Crippen LogP contribution in [0.5, 0.6) is 0 Å². The number of rotatable bonds is 7. The van der Waals surface area contributed by atoms with Gasteiger partial charge in [0.1, 0.15) is 0 Å². The molecule has 0 aliphatic heterocycles. The van der Waals surface area contributed by atoms with E-state index in [1.807, 2.05) is 0 Å². The topological polar surface area (TPSA) is 49.8 Å². The second-order valence-electron chi connectivity index (χ2n) is 5.01. The Morgan fingerprint density at radius 2 is 2.22 bits per heavy atom. The number of nitrogens with zero attached hydrogens (tertiary/aromatic N) is 2. The summed E-state index contributed by atoms with van der Waals surface area (Å²) in [5.41, 5.74) is 0. The molecule has 1 atom stereocenters. The molecule has 4 nitrogen and oxygen atoms in total. The lowest BCUT2D eigenvalue weighted by atomic mass is 10.1. The predicted octanol–water partition coefficient (Wildman–Crippen LogP) is 2.90. The van der Waals surface area contributed by atoms with Crippen LogP contribution in [0.25, 0.3) is 0 Å². The van der Waals surface area contributed by atoms with E-state index in [2.05, 4.69) is 34.4 Å². The second kappa shape index (κ2) is 5.98. The fraction of sp³-hybridized carbons (Fsp3) is 0.692. The van der Waals surface area contributed by atoms with Gasteiger partial charge in [-0.3, -0.25) is 0 Å². The minimum Gasteiger partial charge on any atom is -0.367 e. The van der Waals surface area contributed by atoms with Crippen molar-refractivity contribution in [1.29, 1.82) is 0 Å². The molecule has 1 aliphatic carbocycles. The Labute approximate surface area is 107 Å². The molecule has 5 heteroatoms. The van der Waals surface area contributed by atoms with E-state index in [9.17, 15) is 4.39 Å². The molecular weight excluding hydrogens is 231 g/mol. The average molecular weight is 252 g/mol. The molecule has 0 spiro atoms. The molecule has 1 heterocycles. The molecule has 2 rings (SSSR count). The minimum absolute atomic E-state index is 0.302. The summed E-state index contributed by atoms with van der Waals surface area (Å²) in [5, 5.41) is 6.14. The Kier molecular flexibility index (Phi) is 4.33. The molecule has 1 aromatic heterocycles. The Morgan fingerprint density at radius 3 is 2.89 bits per heavy atom. The molecule has 18 heavy (non-hydrogen) atoms. The van der Waals surface area contributed by atoms with E-state index in [1.54, 1.807) is 0 Å². The van der Waals surface area contributed by atoms with E-state index in [4.69, 9.17) is 0 Å². The van der Waals surface area contributed by atoms with Crippen LogP contribution in [0.15, 0.2) is 6.20 Å². The summed E-state index contributed by atoms with van der Waals surface area (Å²) in [5.74, 6) is 1.78. The van der Waals surface area contributed by atoms with Crippen LogP contribution in [0.2, 0.25) is 0 Å². The highest BCUT2D eigenvalue weighted by Crippen LogP contribution is 2.36. The average Bonchev–Trinajstić information content (AvgIpc) is 3.20. The highest BCUT2D eigenvalue weighted by Gasteiger charge is 2.27. The van der Waals surface area contributed by atoms with Crippen molar-refractivity contribution in [3.63, 3.8) is 0 Å². The summed E-state index contributed by atoms with van der Waals surface area (Å²) in [6.45, 7) is 5.82. The summed E-state index contributed by atoms with van der Waals surface area (Å²) >= 11 is 0. The van der Waals surface area contributed by atoms with Crippen molar-refractivity contribution in [2.24, 2.45) is 11.8 Å². The molecule has 1 fully saturated rings. The summed E-state index contributed by atoms with van der Waals surface area (Å²) < 4.78 is 13.5. The van der Waals surface area contributed by atoms with Crippen molar-refractivity contribution in [2.45, 2.75) is 33.1 Å². The molecule has 0 aromatic carbocycles. The number of hydrogen-bond acceptors (Lipinski definition) is 4. The Balaban J connectivity index is 1.92. The van der Waals surface area contributed by atoms with Gasteiger partial charge in [0, 0.05) is 13.1 Å². The van der Waals surface area contributed by atoms with E-state index >= 15 is 0 Å². The number of anilines is 2. The molecular formula is C13H21FN4. The van der Waals surface area contributed by atoms with Crippen LogP contribution in [-0.2, 0) is 0 Å². The van der Waals surface area contributed by atoms with Gasteiger partial charge >= 0.3 is 0 Å². The van der Waals surface area contributed by atoms with Crippen LogP contribution >= 0.6 is 0 Å². The number of aromatic nitrogens is 2. The van der Waals surface area contributed by atoms with E-state index < -0.39 is 0 Å². The third-order valence-electron chi connectivity index (χ3n) is 3.30. The Hall–Kier alpha value is -1.39.